The zero-order chi connectivity index (χ0) is 16.9. The zero-order valence-corrected chi connectivity index (χ0v) is 14.5. The Balaban J connectivity index is 1.72. The summed E-state index contributed by atoms with van der Waals surface area (Å²) in [7, 11) is 0. The van der Waals surface area contributed by atoms with E-state index in [-0.39, 0.29) is 5.91 Å². The summed E-state index contributed by atoms with van der Waals surface area (Å²) in [4.78, 5) is 12.5. The van der Waals surface area contributed by atoms with Gasteiger partial charge in [-0.15, -0.1) is 11.3 Å². The van der Waals surface area contributed by atoms with Gasteiger partial charge in [-0.05, 0) is 23.9 Å². The molecule has 3 aromatic rings. The molecule has 0 unspecified atom stereocenters. The maximum absolute atomic E-state index is 11.8. The highest BCUT2D eigenvalue weighted by molar-refractivity contribution is 7.12. The molecular formula is C17H15ClN4OS. The van der Waals surface area contributed by atoms with Crippen LogP contribution in [0.4, 0.5) is 0 Å². The Morgan fingerprint density at radius 1 is 1.33 bits per heavy atom. The molecule has 1 N–H and O–H groups in total. The summed E-state index contributed by atoms with van der Waals surface area (Å²) in [5, 5.41) is 10.8. The van der Waals surface area contributed by atoms with Crippen molar-refractivity contribution in [3.8, 4) is 0 Å². The van der Waals surface area contributed by atoms with Crippen LogP contribution in [0.1, 0.15) is 26.5 Å². The van der Waals surface area contributed by atoms with Gasteiger partial charge in [0.2, 0.25) is 0 Å². The van der Waals surface area contributed by atoms with Crippen molar-refractivity contribution in [2.75, 3.05) is 0 Å². The fourth-order valence-corrected chi connectivity index (χ4v) is 3.09. The molecule has 0 aliphatic rings. The average Bonchev–Trinajstić information content (AvgIpc) is 3.20. The molecular weight excluding hydrogens is 344 g/mol. The fourth-order valence-electron chi connectivity index (χ4n) is 2.19. The molecule has 1 aromatic carbocycles. The first kappa shape index (κ1) is 16.4. The van der Waals surface area contributed by atoms with E-state index in [9.17, 15) is 4.79 Å². The van der Waals surface area contributed by atoms with Crippen LogP contribution in [0.25, 0.3) is 0 Å². The summed E-state index contributed by atoms with van der Waals surface area (Å²) in [6, 6.07) is 13.5. The largest absolute Gasteiger partial charge is 0.281 e. The predicted octanol–water partition coefficient (Wildman–Crippen LogP) is 3.72. The Hall–Kier alpha value is -2.44. The number of aryl methyl sites for hydroxylation is 1. The molecule has 7 heteroatoms. The van der Waals surface area contributed by atoms with Gasteiger partial charge in [0.15, 0.2) is 0 Å². The van der Waals surface area contributed by atoms with Crippen LogP contribution < -0.4 is 5.43 Å². The summed E-state index contributed by atoms with van der Waals surface area (Å²) in [5.74, 6) is -0.244. The molecule has 5 nitrogen and oxygen atoms in total. The Morgan fingerprint density at radius 3 is 2.83 bits per heavy atom. The van der Waals surface area contributed by atoms with Gasteiger partial charge in [-0.2, -0.15) is 10.2 Å². The second-order valence-corrected chi connectivity index (χ2v) is 6.42. The van der Waals surface area contributed by atoms with E-state index in [4.69, 9.17) is 11.6 Å². The molecule has 3 rings (SSSR count). The number of benzene rings is 1. The lowest BCUT2D eigenvalue weighted by Crippen LogP contribution is -2.16. The Bertz CT molecular complexity index is 856. The van der Waals surface area contributed by atoms with Crippen molar-refractivity contribution in [2.45, 2.75) is 13.5 Å². The monoisotopic (exact) mass is 358 g/mol. The van der Waals surface area contributed by atoms with Crippen molar-refractivity contribution in [3.05, 3.63) is 74.7 Å². The highest BCUT2D eigenvalue weighted by Crippen LogP contribution is 2.19. The normalized spacial score (nSPS) is 11.1. The third-order valence-electron chi connectivity index (χ3n) is 3.39. The van der Waals surface area contributed by atoms with Crippen molar-refractivity contribution < 1.29 is 4.79 Å². The van der Waals surface area contributed by atoms with E-state index in [1.54, 1.807) is 10.7 Å². The van der Waals surface area contributed by atoms with Crippen LogP contribution in [-0.4, -0.2) is 21.9 Å². The van der Waals surface area contributed by atoms with Gasteiger partial charge in [-0.3, -0.25) is 4.79 Å². The van der Waals surface area contributed by atoms with Gasteiger partial charge >= 0.3 is 0 Å². The van der Waals surface area contributed by atoms with Gasteiger partial charge in [0.1, 0.15) is 5.15 Å². The molecule has 0 aliphatic carbocycles. The van der Waals surface area contributed by atoms with E-state index < -0.39 is 0 Å². The quantitative estimate of drug-likeness (QED) is 0.558. The number of nitrogens with zero attached hydrogens (tertiary/aromatic N) is 3. The van der Waals surface area contributed by atoms with Crippen LogP contribution >= 0.6 is 22.9 Å². The molecule has 0 fully saturated rings. The minimum Gasteiger partial charge on any atom is -0.266 e. The maximum Gasteiger partial charge on any atom is 0.281 e. The number of amides is 1. The minimum absolute atomic E-state index is 0.244. The number of hydrazone groups is 1. The number of hydrogen-bond acceptors (Lipinski definition) is 4. The number of halogens is 1. The maximum atomic E-state index is 11.8. The molecule has 0 aliphatic heterocycles. The Morgan fingerprint density at radius 2 is 2.12 bits per heavy atom. The highest BCUT2D eigenvalue weighted by atomic mass is 35.5. The van der Waals surface area contributed by atoms with Crippen molar-refractivity contribution in [1.82, 2.24) is 15.2 Å². The number of hydrogen-bond donors (Lipinski definition) is 1. The molecule has 24 heavy (non-hydrogen) atoms. The van der Waals surface area contributed by atoms with Gasteiger partial charge in [-0.1, -0.05) is 48.0 Å². The van der Waals surface area contributed by atoms with Gasteiger partial charge in [0, 0.05) is 0 Å². The Kier molecular flexibility index (Phi) is 5.08. The van der Waals surface area contributed by atoms with Crippen molar-refractivity contribution in [3.63, 3.8) is 0 Å². The van der Waals surface area contributed by atoms with Crippen molar-refractivity contribution >= 4 is 35.1 Å². The van der Waals surface area contributed by atoms with Crippen molar-refractivity contribution in [1.29, 1.82) is 0 Å². The molecule has 0 saturated heterocycles. The molecule has 0 saturated carbocycles. The summed E-state index contributed by atoms with van der Waals surface area (Å²) in [5.41, 5.74) is 5.05. The molecule has 0 spiro atoms. The summed E-state index contributed by atoms with van der Waals surface area (Å²) < 4.78 is 1.72. The number of rotatable bonds is 5. The van der Waals surface area contributed by atoms with Crippen LogP contribution in [-0.2, 0) is 6.54 Å². The van der Waals surface area contributed by atoms with E-state index in [0.717, 1.165) is 11.3 Å². The lowest BCUT2D eigenvalue weighted by atomic mass is 10.2. The lowest BCUT2D eigenvalue weighted by molar-refractivity contribution is 0.0959. The van der Waals surface area contributed by atoms with E-state index in [1.807, 2.05) is 48.7 Å². The first-order valence-electron chi connectivity index (χ1n) is 7.29. The van der Waals surface area contributed by atoms with Gasteiger partial charge < -0.3 is 0 Å². The third-order valence-corrected chi connectivity index (χ3v) is 4.66. The number of carbonyl (C=O) groups is 1. The van der Waals surface area contributed by atoms with Crippen LogP contribution in [0.15, 0.2) is 52.9 Å². The zero-order valence-electron chi connectivity index (χ0n) is 12.9. The SMILES string of the molecule is Cc1nn(Cc2ccccc2)c(Cl)c1/C=N/NC(=O)c1cccs1. The molecule has 1 amide bonds. The van der Waals surface area contributed by atoms with Crippen molar-refractivity contribution in [2.24, 2.45) is 5.10 Å². The molecule has 2 heterocycles. The summed E-state index contributed by atoms with van der Waals surface area (Å²) in [6.45, 7) is 2.44. The average molecular weight is 359 g/mol. The topological polar surface area (TPSA) is 59.3 Å². The second-order valence-electron chi connectivity index (χ2n) is 5.11. The first-order chi connectivity index (χ1) is 11.6. The van der Waals surface area contributed by atoms with Crippen LogP contribution in [0.2, 0.25) is 5.15 Å². The minimum atomic E-state index is -0.244. The number of carbonyl (C=O) groups excluding carboxylic acids is 1. The number of aromatic nitrogens is 2. The van der Waals surface area contributed by atoms with E-state index in [1.165, 1.54) is 17.6 Å². The smallest absolute Gasteiger partial charge is 0.266 e. The predicted molar refractivity (Wildman–Crippen MR) is 96.9 cm³/mol. The molecule has 122 valence electrons. The van der Waals surface area contributed by atoms with Crippen LogP contribution in [0, 0.1) is 6.92 Å². The second kappa shape index (κ2) is 7.42. The first-order valence-corrected chi connectivity index (χ1v) is 8.54. The summed E-state index contributed by atoms with van der Waals surface area (Å²) in [6.07, 6.45) is 1.53. The fraction of sp³-hybridized carbons (Fsp3) is 0.118. The van der Waals surface area contributed by atoms with Gasteiger partial charge in [0.05, 0.1) is 28.9 Å². The summed E-state index contributed by atoms with van der Waals surface area (Å²) >= 11 is 7.75. The molecule has 2 aromatic heterocycles. The Labute approximate surface area is 148 Å². The highest BCUT2D eigenvalue weighted by Gasteiger charge is 2.12. The van der Waals surface area contributed by atoms with Crippen LogP contribution in [0.5, 0.6) is 0 Å². The third kappa shape index (κ3) is 3.72. The van der Waals surface area contributed by atoms with Crippen LogP contribution in [0.3, 0.4) is 0 Å². The lowest BCUT2D eigenvalue weighted by Gasteiger charge is -2.03. The standard InChI is InChI=1S/C17H15ClN4OS/c1-12-14(10-19-20-17(23)15-8-5-9-24-15)16(18)22(21-12)11-13-6-3-2-4-7-13/h2-10H,11H2,1H3,(H,20,23)/b19-10+. The van der Waals surface area contributed by atoms with E-state index in [2.05, 4.69) is 15.6 Å². The van der Waals surface area contributed by atoms with E-state index in [0.29, 0.717) is 22.1 Å². The number of thiophene rings is 1. The molecule has 0 bridgehead atoms. The molecule has 0 radical (unpaired) electrons. The van der Waals surface area contributed by atoms with Gasteiger partial charge in [-0.25, -0.2) is 10.1 Å². The van der Waals surface area contributed by atoms with E-state index >= 15 is 0 Å². The number of nitrogens with one attached hydrogen (secondary N) is 1. The van der Waals surface area contributed by atoms with Gasteiger partial charge in [0.25, 0.3) is 5.91 Å². The molecule has 0 atom stereocenters.